The molecule has 0 bridgehead atoms. The maximum Gasteiger partial charge on any atom is 0.338 e. The molecular formula is C21H21NO7. The largest absolute Gasteiger partial charge is 0.459 e. The summed E-state index contributed by atoms with van der Waals surface area (Å²) in [4.78, 5) is 35.9. The summed E-state index contributed by atoms with van der Waals surface area (Å²) >= 11 is 0. The number of benzene rings is 2. The maximum atomic E-state index is 12.4. The van der Waals surface area contributed by atoms with Gasteiger partial charge < -0.3 is 24.7 Å². The lowest BCUT2D eigenvalue weighted by molar-refractivity contribution is -0.187. The minimum absolute atomic E-state index is 0.188. The first kappa shape index (κ1) is 20.5. The Kier molecular flexibility index (Phi) is 6.58. The molecule has 0 aliphatic carbocycles. The Labute approximate surface area is 167 Å². The molecule has 1 unspecified atom stereocenters. The third-order valence-electron chi connectivity index (χ3n) is 4.31. The fourth-order valence-electron chi connectivity index (χ4n) is 2.86. The fraction of sp³-hybridized carbons (Fsp3) is 0.286. The first-order chi connectivity index (χ1) is 14.0. The Morgan fingerprint density at radius 3 is 2.00 bits per heavy atom. The molecule has 8 heteroatoms. The lowest BCUT2D eigenvalue weighted by Gasteiger charge is -2.20. The predicted molar refractivity (Wildman–Crippen MR) is 101 cm³/mol. The van der Waals surface area contributed by atoms with Gasteiger partial charge in [0.1, 0.15) is 12.7 Å². The minimum atomic E-state index is -1.20. The summed E-state index contributed by atoms with van der Waals surface area (Å²) < 4.78 is 21.4. The van der Waals surface area contributed by atoms with Crippen molar-refractivity contribution in [3.05, 3.63) is 71.8 Å². The van der Waals surface area contributed by atoms with Crippen molar-refractivity contribution in [1.82, 2.24) is 0 Å². The van der Waals surface area contributed by atoms with Crippen molar-refractivity contribution in [1.29, 1.82) is 0 Å². The highest BCUT2D eigenvalue weighted by Crippen LogP contribution is 2.25. The Morgan fingerprint density at radius 2 is 1.45 bits per heavy atom. The number of esters is 3. The van der Waals surface area contributed by atoms with Crippen LogP contribution in [0.2, 0.25) is 0 Å². The van der Waals surface area contributed by atoms with E-state index in [1.165, 1.54) is 6.92 Å². The van der Waals surface area contributed by atoms with Crippen molar-refractivity contribution in [2.45, 2.75) is 31.5 Å². The van der Waals surface area contributed by atoms with Crippen molar-refractivity contribution in [3.8, 4) is 0 Å². The van der Waals surface area contributed by atoms with E-state index in [9.17, 15) is 14.4 Å². The Morgan fingerprint density at radius 1 is 0.897 bits per heavy atom. The molecule has 8 nitrogen and oxygen atoms in total. The fourth-order valence-corrected chi connectivity index (χ4v) is 2.86. The van der Waals surface area contributed by atoms with Gasteiger partial charge in [-0.1, -0.05) is 36.4 Å². The van der Waals surface area contributed by atoms with Crippen LogP contribution in [0.15, 0.2) is 60.7 Å². The summed E-state index contributed by atoms with van der Waals surface area (Å²) in [7, 11) is 0. The highest BCUT2D eigenvalue weighted by atomic mass is 16.7. The van der Waals surface area contributed by atoms with Crippen LogP contribution in [0.4, 0.5) is 0 Å². The van der Waals surface area contributed by atoms with Crippen molar-refractivity contribution < 1.29 is 33.3 Å². The predicted octanol–water partition coefficient (Wildman–Crippen LogP) is 1.68. The Balaban J connectivity index is 1.66. The van der Waals surface area contributed by atoms with Gasteiger partial charge in [-0.2, -0.15) is 0 Å². The summed E-state index contributed by atoms with van der Waals surface area (Å²) in [6.07, 6.45) is -3.07. The van der Waals surface area contributed by atoms with Crippen LogP contribution >= 0.6 is 0 Å². The first-order valence-electron chi connectivity index (χ1n) is 9.02. The average molecular weight is 399 g/mol. The molecule has 0 spiro atoms. The van der Waals surface area contributed by atoms with E-state index >= 15 is 0 Å². The second kappa shape index (κ2) is 9.31. The van der Waals surface area contributed by atoms with E-state index < -0.39 is 42.4 Å². The molecule has 1 saturated heterocycles. The molecule has 152 valence electrons. The molecule has 0 amide bonds. The molecule has 4 atom stereocenters. The van der Waals surface area contributed by atoms with Crippen LogP contribution in [-0.4, -0.2) is 49.1 Å². The third-order valence-corrected chi connectivity index (χ3v) is 4.31. The first-order valence-corrected chi connectivity index (χ1v) is 9.02. The molecule has 1 aliphatic heterocycles. The number of rotatable bonds is 6. The maximum absolute atomic E-state index is 12.4. The summed E-state index contributed by atoms with van der Waals surface area (Å²) in [5.74, 6) is -1.80. The van der Waals surface area contributed by atoms with Crippen LogP contribution in [0, 0.1) is 0 Å². The molecule has 0 saturated carbocycles. The summed E-state index contributed by atoms with van der Waals surface area (Å²) in [6.45, 7) is 1.01. The van der Waals surface area contributed by atoms with Crippen molar-refractivity contribution in [3.63, 3.8) is 0 Å². The van der Waals surface area contributed by atoms with E-state index in [2.05, 4.69) is 0 Å². The van der Waals surface area contributed by atoms with Crippen molar-refractivity contribution >= 4 is 17.9 Å². The Bertz CT molecular complexity index is 856. The highest BCUT2D eigenvalue weighted by Gasteiger charge is 2.47. The number of carbonyl (C=O) groups excluding carboxylic acids is 3. The average Bonchev–Trinajstić information content (AvgIpc) is 3.01. The topological polar surface area (TPSA) is 114 Å². The summed E-state index contributed by atoms with van der Waals surface area (Å²) in [5.41, 5.74) is 6.85. The van der Waals surface area contributed by atoms with Gasteiger partial charge in [-0.3, -0.25) is 4.79 Å². The number of carbonyl (C=O) groups is 3. The zero-order chi connectivity index (χ0) is 20.8. The van der Waals surface area contributed by atoms with E-state index in [0.717, 1.165) is 0 Å². The lowest BCUT2D eigenvalue weighted by Crippen LogP contribution is -2.45. The standard InChI is InChI=1S/C21H21NO7/c1-13(23)27-21-18(29-20(25)15-10-6-3-7-11-15)17(22)16(28-21)12-26-19(24)14-8-4-2-5-9-14/h2-11,16-18,21H,12,22H2,1H3/t16-,17-,18-,21?/m1/s1. The molecule has 1 fully saturated rings. The molecule has 1 heterocycles. The molecule has 2 N–H and O–H groups in total. The van der Waals surface area contributed by atoms with Crippen LogP contribution in [0.3, 0.4) is 0 Å². The normalized spacial score (nSPS) is 23.2. The third kappa shape index (κ3) is 5.18. The van der Waals surface area contributed by atoms with E-state index in [0.29, 0.717) is 11.1 Å². The summed E-state index contributed by atoms with van der Waals surface area (Å²) in [5, 5.41) is 0. The molecule has 2 aromatic rings. The van der Waals surface area contributed by atoms with E-state index in [1.807, 2.05) is 0 Å². The van der Waals surface area contributed by atoms with Gasteiger partial charge in [0.05, 0.1) is 17.2 Å². The van der Waals surface area contributed by atoms with Gasteiger partial charge in [-0.15, -0.1) is 0 Å². The molecule has 1 aliphatic rings. The van der Waals surface area contributed by atoms with Gasteiger partial charge >= 0.3 is 17.9 Å². The van der Waals surface area contributed by atoms with E-state index in [-0.39, 0.29) is 6.61 Å². The van der Waals surface area contributed by atoms with Gasteiger partial charge in [0.2, 0.25) is 6.29 Å². The van der Waals surface area contributed by atoms with Crippen molar-refractivity contribution in [2.24, 2.45) is 5.73 Å². The highest BCUT2D eigenvalue weighted by molar-refractivity contribution is 5.90. The van der Waals surface area contributed by atoms with Gasteiger partial charge in [-0.05, 0) is 24.3 Å². The van der Waals surface area contributed by atoms with Crippen LogP contribution in [0.5, 0.6) is 0 Å². The molecule has 3 rings (SSSR count). The second-order valence-corrected chi connectivity index (χ2v) is 6.43. The number of hydrogen-bond acceptors (Lipinski definition) is 8. The molecule has 0 aromatic heterocycles. The monoisotopic (exact) mass is 399 g/mol. The zero-order valence-electron chi connectivity index (χ0n) is 15.7. The zero-order valence-corrected chi connectivity index (χ0v) is 15.7. The molecule has 2 aromatic carbocycles. The van der Waals surface area contributed by atoms with E-state index in [4.69, 9.17) is 24.7 Å². The van der Waals surface area contributed by atoms with E-state index in [1.54, 1.807) is 60.7 Å². The molecule has 0 radical (unpaired) electrons. The van der Waals surface area contributed by atoms with Crippen LogP contribution in [0.1, 0.15) is 27.6 Å². The summed E-state index contributed by atoms with van der Waals surface area (Å²) in [6, 6.07) is 15.9. The van der Waals surface area contributed by atoms with Gasteiger partial charge in [0, 0.05) is 6.92 Å². The van der Waals surface area contributed by atoms with Crippen LogP contribution in [0.25, 0.3) is 0 Å². The van der Waals surface area contributed by atoms with Gasteiger partial charge in [0.25, 0.3) is 0 Å². The quantitative estimate of drug-likeness (QED) is 0.576. The minimum Gasteiger partial charge on any atom is -0.459 e. The van der Waals surface area contributed by atoms with Crippen LogP contribution in [-0.2, 0) is 23.7 Å². The number of ether oxygens (including phenoxy) is 4. The van der Waals surface area contributed by atoms with Crippen LogP contribution < -0.4 is 5.73 Å². The Hall–Kier alpha value is -3.23. The lowest BCUT2D eigenvalue weighted by atomic mass is 10.1. The van der Waals surface area contributed by atoms with Gasteiger partial charge in [-0.25, -0.2) is 9.59 Å². The number of nitrogens with two attached hydrogens (primary N) is 1. The van der Waals surface area contributed by atoms with Gasteiger partial charge in [0.15, 0.2) is 6.10 Å². The van der Waals surface area contributed by atoms with Crippen molar-refractivity contribution in [2.75, 3.05) is 6.61 Å². The second-order valence-electron chi connectivity index (χ2n) is 6.43. The molecular weight excluding hydrogens is 378 g/mol. The molecule has 29 heavy (non-hydrogen) atoms. The SMILES string of the molecule is CC(=O)OC1O[C@H](COC(=O)c2ccccc2)[C@@H](N)[C@H]1OC(=O)c1ccccc1. The smallest absolute Gasteiger partial charge is 0.338 e. The number of hydrogen-bond donors (Lipinski definition) is 1.